The van der Waals surface area contributed by atoms with Crippen LogP contribution in [0.2, 0.25) is 0 Å². The first-order valence-corrected chi connectivity index (χ1v) is 4.27. The molecule has 3 heteroatoms. The maximum atomic E-state index is 5.19. The zero-order valence-corrected chi connectivity index (χ0v) is 7.59. The summed E-state index contributed by atoms with van der Waals surface area (Å²) in [5, 5.41) is 4.32. The topological polar surface area (TPSA) is 30.7 Å². The van der Waals surface area contributed by atoms with Crippen LogP contribution in [0.5, 0.6) is 0 Å². The molecule has 0 aliphatic carbocycles. The first kappa shape index (κ1) is 8.52. The molecule has 14 heavy (non-hydrogen) atoms. The number of hydrogen-bond acceptors (Lipinski definition) is 2. The third-order valence-corrected chi connectivity index (χ3v) is 1.87. The van der Waals surface area contributed by atoms with Crippen LogP contribution >= 0.6 is 0 Å². The van der Waals surface area contributed by atoms with Gasteiger partial charge in [0.25, 0.3) is 0 Å². The second kappa shape index (κ2) is 3.75. The van der Waals surface area contributed by atoms with Crippen molar-refractivity contribution >= 4 is 0 Å². The summed E-state index contributed by atoms with van der Waals surface area (Å²) in [7, 11) is 0. The number of aromatic nitrogens is 3. The van der Waals surface area contributed by atoms with Gasteiger partial charge in [0.1, 0.15) is 6.54 Å². The minimum Gasteiger partial charge on any atom is -0.265 e. The second-order valence-corrected chi connectivity index (χ2v) is 2.84. The molecule has 0 fully saturated rings. The van der Waals surface area contributed by atoms with Gasteiger partial charge in [0.05, 0.1) is 5.69 Å². The first-order valence-electron chi connectivity index (χ1n) is 4.27. The van der Waals surface area contributed by atoms with Crippen LogP contribution in [0, 0.1) is 12.3 Å². The molecule has 0 saturated heterocycles. The van der Waals surface area contributed by atoms with Crippen LogP contribution in [0.4, 0.5) is 0 Å². The van der Waals surface area contributed by atoms with Gasteiger partial charge in [0.2, 0.25) is 0 Å². The predicted molar refractivity (Wildman–Crippen MR) is 54.3 cm³/mol. The Morgan fingerprint density at radius 1 is 1.29 bits per heavy atom. The van der Waals surface area contributed by atoms with Crippen LogP contribution in [0.3, 0.4) is 0 Å². The lowest BCUT2D eigenvalue weighted by Gasteiger charge is -1.94. The quantitative estimate of drug-likeness (QED) is 0.662. The van der Waals surface area contributed by atoms with Crippen LogP contribution in [-0.2, 0) is 6.54 Å². The molecule has 0 aromatic carbocycles. The Bertz CT molecular complexity index is 451. The van der Waals surface area contributed by atoms with Crippen LogP contribution in [0.15, 0.2) is 36.8 Å². The van der Waals surface area contributed by atoms with Gasteiger partial charge in [0, 0.05) is 24.2 Å². The highest BCUT2D eigenvalue weighted by molar-refractivity contribution is 5.57. The summed E-state index contributed by atoms with van der Waals surface area (Å²) in [5.74, 6) is 2.54. The van der Waals surface area contributed by atoms with Crippen molar-refractivity contribution in [2.24, 2.45) is 0 Å². The van der Waals surface area contributed by atoms with E-state index in [1.54, 1.807) is 17.1 Å². The smallest absolute Gasteiger partial charge is 0.101 e. The van der Waals surface area contributed by atoms with Gasteiger partial charge in [0.15, 0.2) is 0 Å². The minimum absolute atomic E-state index is 0.505. The molecule has 0 atom stereocenters. The maximum absolute atomic E-state index is 5.19. The monoisotopic (exact) mass is 183 g/mol. The number of rotatable bonds is 2. The average molecular weight is 183 g/mol. The molecule has 2 rings (SSSR count). The standard InChI is InChI=1S/C11H9N3/c1-2-8-14-9-5-11(13-14)10-3-6-12-7-4-10/h1,3-7,9H,8H2. The van der Waals surface area contributed by atoms with E-state index in [2.05, 4.69) is 16.0 Å². The summed E-state index contributed by atoms with van der Waals surface area (Å²) in [6.45, 7) is 0.505. The zero-order chi connectivity index (χ0) is 9.80. The van der Waals surface area contributed by atoms with Crippen molar-refractivity contribution in [1.29, 1.82) is 0 Å². The minimum atomic E-state index is 0.505. The Labute approximate surface area is 82.4 Å². The van der Waals surface area contributed by atoms with Crippen molar-refractivity contribution in [3.05, 3.63) is 36.8 Å². The highest BCUT2D eigenvalue weighted by Gasteiger charge is 1.99. The number of terminal acetylenes is 1. The fraction of sp³-hybridized carbons (Fsp3) is 0.0909. The number of hydrogen-bond donors (Lipinski definition) is 0. The van der Waals surface area contributed by atoms with E-state index in [1.165, 1.54) is 0 Å². The molecule has 0 aliphatic rings. The lowest BCUT2D eigenvalue weighted by atomic mass is 10.2. The molecule has 68 valence electrons. The molecule has 2 heterocycles. The van der Waals surface area contributed by atoms with Crippen molar-refractivity contribution in [2.45, 2.75) is 6.54 Å². The number of nitrogens with zero attached hydrogens (tertiary/aromatic N) is 3. The fourth-order valence-electron chi connectivity index (χ4n) is 1.22. The van der Waals surface area contributed by atoms with Gasteiger partial charge in [-0.25, -0.2) is 0 Å². The van der Waals surface area contributed by atoms with Gasteiger partial charge >= 0.3 is 0 Å². The second-order valence-electron chi connectivity index (χ2n) is 2.84. The lowest BCUT2D eigenvalue weighted by molar-refractivity contribution is 0.718. The highest BCUT2D eigenvalue weighted by atomic mass is 15.3. The van der Waals surface area contributed by atoms with Crippen molar-refractivity contribution in [1.82, 2.24) is 14.8 Å². The van der Waals surface area contributed by atoms with Crippen LogP contribution in [-0.4, -0.2) is 14.8 Å². The Morgan fingerprint density at radius 2 is 2.07 bits per heavy atom. The van der Waals surface area contributed by atoms with Crippen LogP contribution in [0.1, 0.15) is 0 Å². The van der Waals surface area contributed by atoms with Gasteiger partial charge in [-0.3, -0.25) is 9.67 Å². The fourth-order valence-corrected chi connectivity index (χ4v) is 1.22. The summed E-state index contributed by atoms with van der Waals surface area (Å²) < 4.78 is 1.73. The third kappa shape index (κ3) is 1.64. The molecule has 0 unspecified atom stereocenters. The van der Waals surface area contributed by atoms with Crippen molar-refractivity contribution in [3.63, 3.8) is 0 Å². The molecule has 0 amide bonds. The zero-order valence-electron chi connectivity index (χ0n) is 7.59. The van der Waals surface area contributed by atoms with Gasteiger partial charge in [-0.1, -0.05) is 5.92 Å². The summed E-state index contributed by atoms with van der Waals surface area (Å²) in [6, 6.07) is 5.78. The Morgan fingerprint density at radius 3 is 2.79 bits per heavy atom. The molecule has 0 radical (unpaired) electrons. The van der Waals surface area contributed by atoms with Crippen LogP contribution in [0.25, 0.3) is 11.3 Å². The summed E-state index contributed by atoms with van der Waals surface area (Å²) in [6.07, 6.45) is 10.5. The van der Waals surface area contributed by atoms with E-state index in [0.717, 1.165) is 11.3 Å². The number of pyridine rings is 1. The van der Waals surface area contributed by atoms with E-state index in [9.17, 15) is 0 Å². The molecule has 0 bridgehead atoms. The van der Waals surface area contributed by atoms with Gasteiger partial charge in [-0.15, -0.1) is 6.42 Å². The average Bonchev–Trinajstić information content (AvgIpc) is 2.68. The normalized spacial score (nSPS) is 9.64. The van der Waals surface area contributed by atoms with E-state index >= 15 is 0 Å². The van der Waals surface area contributed by atoms with Crippen LogP contribution < -0.4 is 0 Å². The SMILES string of the molecule is C#CCn1ccc(-c2ccncc2)n1. The molecule has 0 saturated carbocycles. The van der Waals surface area contributed by atoms with E-state index in [4.69, 9.17) is 6.42 Å². The summed E-state index contributed by atoms with van der Waals surface area (Å²) in [5.41, 5.74) is 1.97. The van der Waals surface area contributed by atoms with E-state index in [1.807, 2.05) is 24.4 Å². The van der Waals surface area contributed by atoms with Crippen molar-refractivity contribution < 1.29 is 0 Å². The maximum Gasteiger partial charge on any atom is 0.101 e. The van der Waals surface area contributed by atoms with Gasteiger partial charge < -0.3 is 0 Å². The predicted octanol–water partition coefficient (Wildman–Crippen LogP) is 1.58. The Kier molecular flexibility index (Phi) is 2.28. The molecular formula is C11H9N3. The highest BCUT2D eigenvalue weighted by Crippen LogP contribution is 2.14. The van der Waals surface area contributed by atoms with Gasteiger partial charge in [-0.05, 0) is 18.2 Å². The molecule has 0 aliphatic heterocycles. The third-order valence-electron chi connectivity index (χ3n) is 1.87. The lowest BCUT2D eigenvalue weighted by Crippen LogP contribution is -1.95. The largest absolute Gasteiger partial charge is 0.265 e. The van der Waals surface area contributed by atoms with E-state index < -0.39 is 0 Å². The molecule has 2 aromatic heterocycles. The van der Waals surface area contributed by atoms with Crippen molar-refractivity contribution in [3.8, 4) is 23.6 Å². The first-order chi connectivity index (χ1) is 6.90. The van der Waals surface area contributed by atoms with Crippen molar-refractivity contribution in [2.75, 3.05) is 0 Å². The molecule has 3 nitrogen and oxygen atoms in total. The van der Waals surface area contributed by atoms with E-state index in [0.29, 0.717) is 6.54 Å². The Hall–Kier alpha value is -2.08. The van der Waals surface area contributed by atoms with Gasteiger partial charge in [-0.2, -0.15) is 5.10 Å². The van der Waals surface area contributed by atoms with E-state index in [-0.39, 0.29) is 0 Å². The Balaban J connectivity index is 2.31. The molecule has 0 N–H and O–H groups in total. The summed E-state index contributed by atoms with van der Waals surface area (Å²) in [4.78, 5) is 3.95. The molecule has 0 spiro atoms. The molecule has 2 aromatic rings. The molecular weight excluding hydrogens is 174 g/mol. The summed E-state index contributed by atoms with van der Waals surface area (Å²) >= 11 is 0.